The van der Waals surface area contributed by atoms with Crippen LogP contribution in [0.1, 0.15) is 52.7 Å². The zero-order valence-corrected chi connectivity index (χ0v) is 16.1. The topological polar surface area (TPSA) is 75.5 Å². The molecule has 3 atom stereocenters. The van der Waals surface area contributed by atoms with Crippen LogP contribution in [-0.2, 0) is 0 Å². The van der Waals surface area contributed by atoms with Gasteiger partial charge >= 0.3 is 0 Å². The lowest BCUT2D eigenvalue weighted by molar-refractivity contribution is -0.384. The molecule has 0 saturated carbocycles. The van der Waals surface area contributed by atoms with Crippen molar-refractivity contribution in [3.8, 4) is 0 Å². The molecule has 2 aromatic rings. The number of hydrogen-bond acceptors (Lipinski definition) is 4. The molecule has 2 aromatic carbocycles. The number of rotatable bonds is 3. The summed E-state index contributed by atoms with van der Waals surface area (Å²) in [4.78, 5) is 25.7. The van der Waals surface area contributed by atoms with Gasteiger partial charge in [-0.25, -0.2) is 0 Å². The minimum atomic E-state index is -0.375. The van der Waals surface area contributed by atoms with Crippen molar-refractivity contribution < 1.29 is 9.72 Å². The number of nitro benzene ring substituents is 1. The van der Waals surface area contributed by atoms with E-state index in [1.807, 2.05) is 29.2 Å². The molecule has 1 N–H and O–H groups in total. The molecule has 0 radical (unpaired) electrons. The second kappa shape index (κ2) is 7.03. The minimum absolute atomic E-state index is 0.0100. The average Bonchev–Trinajstić information content (AvgIpc) is 3.44. The second-order valence-corrected chi connectivity index (χ2v) is 8.09. The normalized spacial score (nSPS) is 24.7. The first-order valence-corrected chi connectivity index (χ1v) is 10.2. The Kier molecular flexibility index (Phi) is 4.34. The summed E-state index contributed by atoms with van der Waals surface area (Å²) in [7, 11) is 0. The van der Waals surface area contributed by atoms with Crippen molar-refractivity contribution in [2.75, 3.05) is 18.4 Å². The van der Waals surface area contributed by atoms with E-state index in [0.717, 1.165) is 49.2 Å². The predicted octanol–water partition coefficient (Wildman–Crippen LogP) is 4.66. The fraction of sp³-hybridized carbons (Fsp3) is 0.348. The van der Waals surface area contributed by atoms with Crippen LogP contribution in [0.3, 0.4) is 0 Å². The highest BCUT2D eigenvalue weighted by atomic mass is 16.6. The lowest BCUT2D eigenvalue weighted by atomic mass is 9.76. The smallest absolute Gasteiger partial charge is 0.269 e. The lowest BCUT2D eigenvalue weighted by Crippen LogP contribution is -2.33. The van der Waals surface area contributed by atoms with E-state index in [0.29, 0.717) is 5.92 Å². The first-order chi connectivity index (χ1) is 14.1. The molecule has 1 amide bonds. The van der Waals surface area contributed by atoms with Gasteiger partial charge in [-0.05, 0) is 42.4 Å². The number of benzene rings is 2. The number of amides is 1. The van der Waals surface area contributed by atoms with Crippen molar-refractivity contribution >= 4 is 17.3 Å². The number of anilines is 1. The molecule has 0 aromatic heterocycles. The van der Waals surface area contributed by atoms with Gasteiger partial charge in [-0.1, -0.05) is 36.4 Å². The van der Waals surface area contributed by atoms with E-state index in [-0.39, 0.29) is 28.5 Å². The molecule has 1 fully saturated rings. The van der Waals surface area contributed by atoms with Crippen molar-refractivity contribution in [3.63, 3.8) is 0 Å². The van der Waals surface area contributed by atoms with E-state index in [2.05, 4.69) is 23.5 Å². The fourth-order valence-electron chi connectivity index (χ4n) is 5.02. The predicted molar refractivity (Wildman–Crippen MR) is 111 cm³/mol. The molecule has 148 valence electrons. The van der Waals surface area contributed by atoms with Crippen LogP contribution in [0.25, 0.3) is 0 Å². The van der Waals surface area contributed by atoms with Crippen molar-refractivity contribution in [1.29, 1.82) is 0 Å². The molecular formula is C23H23N3O3. The highest BCUT2D eigenvalue weighted by Gasteiger charge is 2.39. The molecule has 1 aliphatic carbocycles. The number of allylic oxidation sites excluding steroid dienone is 2. The largest absolute Gasteiger partial charge is 0.377 e. The second-order valence-electron chi connectivity index (χ2n) is 8.09. The third-order valence-electron chi connectivity index (χ3n) is 6.48. The van der Waals surface area contributed by atoms with Crippen molar-refractivity contribution in [3.05, 3.63) is 81.4 Å². The SMILES string of the molecule is O=C(c1cccc2c1N[C@H](c1ccc([N+](=O)[O-])cc1)[C@@H]1CC=C[C@@H]21)N1CCCC1. The Labute approximate surface area is 169 Å². The molecule has 6 heteroatoms. The van der Waals surface area contributed by atoms with Gasteiger partial charge in [0.25, 0.3) is 11.6 Å². The average molecular weight is 389 g/mol. The fourth-order valence-corrected chi connectivity index (χ4v) is 5.02. The van der Waals surface area contributed by atoms with Gasteiger partial charge < -0.3 is 10.2 Å². The molecule has 1 saturated heterocycles. The van der Waals surface area contributed by atoms with Crippen LogP contribution in [0.5, 0.6) is 0 Å². The van der Waals surface area contributed by atoms with Crippen LogP contribution >= 0.6 is 0 Å². The van der Waals surface area contributed by atoms with E-state index in [9.17, 15) is 14.9 Å². The van der Waals surface area contributed by atoms with Crippen molar-refractivity contribution in [2.24, 2.45) is 5.92 Å². The molecule has 0 unspecified atom stereocenters. The third-order valence-corrected chi connectivity index (χ3v) is 6.48. The van der Waals surface area contributed by atoms with Gasteiger partial charge in [-0.15, -0.1) is 0 Å². The van der Waals surface area contributed by atoms with Gasteiger partial charge in [0, 0.05) is 31.1 Å². The minimum Gasteiger partial charge on any atom is -0.377 e. The maximum Gasteiger partial charge on any atom is 0.269 e. The molecule has 5 rings (SSSR count). The van der Waals surface area contributed by atoms with Crippen molar-refractivity contribution in [2.45, 2.75) is 31.2 Å². The summed E-state index contributed by atoms with van der Waals surface area (Å²) < 4.78 is 0. The zero-order valence-electron chi connectivity index (χ0n) is 16.1. The summed E-state index contributed by atoms with van der Waals surface area (Å²) in [6.07, 6.45) is 7.52. The van der Waals surface area contributed by atoms with E-state index < -0.39 is 0 Å². The van der Waals surface area contributed by atoms with Gasteiger partial charge in [0.2, 0.25) is 0 Å². The number of carbonyl (C=O) groups excluding carboxylic acids is 1. The van der Waals surface area contributed by atoms with Crippen LogP contribution in [0, 0.1) is 16.0 Å². The highest BCUT2D eigenvalue weighted by Crippen LogP contribution is 2.50. The Balaban J connectivity index is 1.54. The van der Waals surface area contributed by atoms with Crippen LogP contribution in [-0.4, -0.2) is 28.8 Å². The number of nitro groups is 1. The molecule has 29 heavy (non-hydrogen) atoms. The lowest BCUT2D eigenvalue weighted by Gasteiger charge is -2.38. The number of nitrogens with zero attached hydrogens (tertiary/aromatic N) is 2. The van der Waals surface area contributed by atoms with Gasteiger partial charge in [0.1, 0.15) is 0 Å². The number of fused-ring (bicyclic) bond motifs is 3. The summed E-state index contributed by atoms with van der Waals surface area (Å²) in [6, 6.07) is 12.8. The van der Waals surface area contributed by atoms with Crippen molar-refractivity contribution in [1.82, 2.24) is 4.90 Å². The number of para-hydroxylation sites is 1. The molecular weight excluding hydrogens is 366 g/mol. The Morgan fingerprint density at radius 3 is 2.59 bits per heavy atom. The standard InChI is InChI=1S/C23H23N3O3/c27-23(25-13-1-2-14-25)20-8-4-7-19-17-5-3-6-18(17)21(24-22(19)20)15-9-11-16(12-10-15)26(28)29/h3-5,7-12,17-18,21,24H,1-2,6,13-14H2/t17-,18-,21-/m1/s1. The summed E-state index contributed by atoms with van der Waals surface area (Å²) in [5.74, 6) is 0.675. The van der Waals surface area contributed by atoms with Crippen LogP contribution in [0.15, 0.2) is 54.6 Å². The van der Waals surface area contributed by atoms with Crippen LogP contribution in [0.2, 0.25) is 0 Å². The monoisotopic (exact) mass is 389 g/mol. The number of non-ortho nitro benzene ring substituents is 1. The third kappa shape index (κ3) is 2.99. The van der Waals surface area contributed by atoms with E-state index >= 15 is 0 Å². The maximum absolute atomic E-state index is 13.2. The highest BCUT2D eigenvalue weighted by molar-refractivity contribution is 6.01. The van der Waals surface area contributed by atoms with E-state index in [1.54, 1.807) is 12.1 Å². The molecule has 0 spiro atoms. The zero-order chi connectivity index (χ0) is 20.0. The number of likely N-dealkylation sites (tertiary alicyclic amines) is 1. The molecule has 3 aliphatic rings. The summed E-state index contributed by atoms with van der Waals surface area (Å²) >= 11 is 0. The Morgan fingerprint density at radius 2 is 1.86 bits per heavy atom. The summed E-state index contributed by atoms with van der Waals surface area (Å²) in [5.41, 5.74) is 3.93. The molecule has 2 heterocycles. The first-order valence-electron chi connectivity index (χ1n) is 10.2. The Bertz CT molecular complexity index is 993. The van der Waals surface area contributed by atoms with Gasteiger partial charge in [0.15, 0.2) is 0 Å². The number of nitrogens with one attached hydrogen (secondary N) is 1. The summed E-state index contributed by atoms with van der Waals surface area (Å²) in [6.45, 7) is 1.64. The first kappa shape index (κ1) is 17.9. The van der Waals surface area contributed by atoms with E-state index in [4.69, 9.17) is 0 Å². The number of carbonyl (C=O) groups is 1. The van der Waals surface area contributed by atoms with E-state index in [1.165, 1.54) is 5.56 Å². The van der Waals surface area contributed by atoms with Gasteiger partial charge in [-0.3, -0.25) is 14.9 Å². The molecule has 6 nitrogen and oxygen atoms in total. The van der Waals surface area contributed by atoms with Crippen LogP contribution < -0.4 is 5.32 Å². The quantitative estimate of drug-likeness (QED) is 0.471. The van der Waals surface area contributed by atoms with Gasteiger partial charge in [0.05, 0.1) is 22.2 Å². The Hall–Kier alpha value is -3.15. The van der Waals surface area contributed by atoms with Crippen LogP contribution in [0.4, 0.5) is 11.4 Å². The Morgan fingerprint density at radius 1 is 1.10 bits per heavy atom. The van der Waals surface area contributed by atoms with Gasteiger partial charge in [-0.2, -0.15) is 0 Å². The molecule has 0 bridgehead atoms. The number of hydrogen-bond donors (Lipinski definition) is 1. The molecule has 2 aliphatic heterocycles. The summed E-state index contributed by atoms with van der Waals surface area (Å²) in [5, 5.41) is 14.7. The maximum atomic E-state index is 13.2.